The fourth-order valence-electron chi connectivity index (χ4n) is 6.56. The highest BCUT2D eigenvalue weighted by molar-refractivity contribution is 6.22. The molecule has 200 valence electrons. The summed E-state index contributed by atoms with van der Waals surface area (Å²) in [4.78, 5) is 0. The number of hydrogen-bond acceptors (Lipinski definition) is 1. The van der Waals surface area contributed by atoms with E-state index >= 15 is 0 Å². The van der Waals surface area contributed by atoms with Gasteiger partial charge >= 0.3 is 0 Å². The third-order valence-electron chi connectivity index (χ3n) is 8.52. The van der Waals surface area contributed by atoms with E-state index in [0.29, 0.717) is 22.3 Å². The van der Waals surface area contributed by atoms with Crippen LogP contribution in [0.2, 0.25) is 0 Å². The Balaban J connectivity index is 1.35. The summed E-state index contributed by atoms with van der Waals surface area (Å²) in [5.41, 5.74) is 5.77. The van der Waals surface area contributed by atoms with Gasteiger partial charge < -0.3 is 4.42 Å². The molecule has 0 aliphatic heterocycles. The minimum absolute atomic E-state index is 0.0470. The number of rotatable bonds is 3. The van der Waals surface area contributed by atoms with Gasteiger partial charge in [-0.15, -0.1) is 0 Å². The molecule has 0 spiro atoms. The molecule has 0 radical (unpaired) electrons. The van der Waals surface area contributed by atoms with Crippen LogP contribution in [0, 0.1) is 0 Å². The minimum atomic E-state index is -0.0496. The molecule has 9 aromatic rings. The largest absolute Gasteiger partial charge is 0.455 e. The Morgan fingerprint density at radius 2 is 0.930 bits per heavy atom. The molecule has 9 rings (SSSR count). The van der Waals surface area contributed by atoms with Gasteiger partial charge in [0.15, 0.2) is 0 Å². The summed E-state index contributed by atoms with van der Waals surface area (Å²) in [5.74, 6) is 0. The van der Waals surface area contributed by atoms with Crippen molar-refractivity contribution in [1.29, 1.82) is 0 Å². The molecule has 1 nitrogen and oxygen atoms in total. The Morgan fingerprint density at radius 1 is 0.372 bits per heavy atom. The molecular formula is C42H26O. The molecule has 1 heteroatoms. The standard InChI is InChI=1S/C42H26O/c1-2-10-27(11-3-1)28-18-20-30(21-19-28)40-33-14-6-8-16-35(33)41(36-17-9-7-15-34(36)40)31-23-25-39-38(26-31)37-24-22-29-12-4-5-13-32(29)42(37)43-39/h1-26H/i18D,19D,20D,21D. The van der Waals surface area contributed by atoms with Crippen molar-refractivity contribution in [3.63, 3.8) is 0 Å². The van der Waals surface area contributed by atoms with E-state index in [1.54, 1.807) is 0 Å². The first-order chi connectivity index (χ1) is 23.0. The summed E-state index contributed by atoms with van der Waals surface area (Å²) in [6.45, 7) is 0. The van der Waals surface area contributed by atoms with Crippen LogP contribution in [0.25, 0.3) is 87.6 Å². The Bertz CT molecular complexity index is 2640. The summed E-state index contributed by atoms with van der Waals surface area (Å²) in [7, 11) is 0. The maximum Gasteiger partial charge on any atom is 0.143 e. The maximum atomic E-state index is 9.23. The second-order valence-electron chi connectivity index (χ2n) is 10.9. The van der Waals surface area contributed by atoms with Crippen molar-refractivity contribution in [3.8, 4) is 33.4 Å². The smallest absolute Gasteiger partial charge is 0.143 e. The van der Waals surface area contributed by atoms with Gasteiger partial charge in [-0.25, -0.2) is 0 Å². The van der Waals surface area contributed by atoms with Crippen LogP contribution >= 0.6 is 0 Å². The van der Waals surface area contributed by atoms with E-state index in [2.05, 4.69) is 48.5 Å². The van der Waals surface area contributed by atoms with Crippen LogP contribution < -0.4 is 0 Å². The number of hydrogen-bond donors (Lipinski definition) is 0. The van der Waals surface area contributed by atoms with Crippen LogP contribution in [0.5, 0.6) is 0 Å². The Hall–Kier alpha value is -5.66. The lowest BCUT2D eigenvalue weighted by Gasteiger charge is -2.18. The first-order valence-corrected chi connectivity index (χ1v) is 14.4. The zero-order chi connectivity index (χ0) is 31.8. The van der Waals surface area contributed by atoms with E-state index in [1.807, 2.05) is 84.9 Å². The zero-order valence-corrected chi connectivity index (χ0v) is 23.1. The van der Waals surface area contributed by atoms with Crippen LogP contribution in [-0.4, -0.2) is 0 Å². The van der Waals surface area contributed by atoms with Gasteiger partial charge in [-0.05, 0) is 78.5 Å². The molecule has 0 amide bonds. The third-order valence-corrected chi connectivity index (χ3v) is 8.52. The molecule has 0 atom stereocenters. The topological polar surface area (TPSA) is 13.1 Å². The third kappa shape index (κ3) is 3.72. The molecule has 1 heterocycles. The molecule has 0 unspecified atom stereocenters. The Morgan fingerprint density at radius 3 is 1.60 bits per heavy atom. The van der Waals surface area contributed by atoms with Gasteiger partial charge in [0.05, 0.1) is 5.48 Å². The van der Waals surface area contributed by atoms with Gasteiger partial charge in [0.2, 0.25) is 0 Å². The lowest BCUT2D eigenvalue weighted by Crippen LogP contribution is -1.91. The molecule has 0 saturated heterocycles. The van der Waals surface area contributed by atoms with E-state index in [9.17, 15) is 2.74 Å². The molecule has 0 N–H and O–H groups in total. The van der Waals surface area contributed by atoms with Gasteiger partial charge in [0.1, 0.15) is 11.2 Å². The molecule has 0 aliphatic rings. The summed E-state index contributed by atoms with van der Waals surface area (Å²) in [6.07, 6.45) is 0. The Kier molecular flexibility index (Phi) is 4.45. The summed E-state index contributed by atoms with van der Waals surface area (Å²) in [6, 6.07) is 44.1. The van der Waals surface area contributed by atoms with Gasteiger partial charge in [0, 0.05) is 16.2 Å². The first-order valence-electron chi connectivity index (χ1n) is 16.4. The fourth-order valence-corrected chi connectivity index (χ4v) is 6.56. The summed E-state index contributed by atoms with van der Waals surface area (Å²) in [5, 5.41) is 8.02. The van der Waals surface area contributed by atoms with Crippen molar-refractivity contribution >= 4 is 54.3 Å². The maximum absolute atomic E-state index is 9.23. The van der Waals surface area contributed by atoms with Crippen LogP contribution in [0.1, 0.15) is 5.48 Å². The monoisotopic (exact) mass is 550 g/mol. The van der Waals surface area contributed by atoms with E-state index in [-0.39, 0.29) is 24.2 Å². The normalized spacial score (nSPS) is 13.0. The fraction of sp³-hybridized carbons (Fsp3) is 0. The van der Waals surface area contributed by atoms with Crippen molar-refractivity contribution in [2.24, 2.45) is 0 Å². The highest BCUT2D eigenvalue weighted by Gasteiger charge is 2.18. The van der Waals surface area contributed by atoms with Gasteiger partial charge in [-0.1, -0.05) is 139 Å². The van der Waals surface area contributed by atoms with E-state index in [0.717, 1.165) is 65.4 Å². The molecule has 0 fully saturated rings. The summed E-state index contributed by atoms with van der Waals surface area (Å²) < 4.78 is 43.0. The summed E-state index contributed by atoms with van der Waals surface area (Å²) >= 11 is 0. The second-order valence-corrected chi connectivity index (χ2v) is 10.9. The van der Waals surface area contributed by atoms with Gasteiger partial charge in [-0.2, -0.15) is 0 Å². The van der Waals surface area contributed by atoms with Crippen molar-refractivity contribution in [3.05, 3.63) is 158 Å². The van der Waals surface area contributed by atoms with Crippen LogP contribution in [0.3, 0.4) is 0 Å². The second kappa shape index (κ2) is 9.44. The van der Waals surface area contributed by atoms with Crippen LogP contribution in [-0.2, 0) is 0 Å². The molecule has 0 bridgehead atoms. The Labute approximate surface area is 254 Å². The molecular weight excluding hydrogens is 520 g/mol. The first kappa shape index (κ1) is 20.3. The molecule has 8 aromatic carbocycles. The average molecular weight is 551 g/mol. The zero-order valence-electron chi connectivity index (χ0n) is 27.1. The molecule has 0 saturated carbocycles. The van der Waals surface area contributed by atoms with Crippen LogP contribution in [0.4, 0.5) is 0 Å². The predicted octanol–water partition coefficient (Wildman–Crippen LogP) is 12.0. The predicted molar refractivity (Wildman–Crippen MR) is 183 cm³/mol. The van der Waals surface area contributed by atoms with Gasteiger partial charge in [0.25, 0.3) is 0 Å². The SMILES string of the molecule is [2H]c1c([2H])c(-c2c3ccccc3c(-c3ccc4oc5c6ccccc6ccc5c4c3)c3ccccc23)c([2H])c([2H])c1-c1ccccc1. The highest BCUT2D eigenvalue weighted by Crippen LogP contribution is 2.45. The van der Waals surface area contributed by atoms with E-state index in [4.69, 9.17) is 7.16 Å². The lowest BCUT2D eigenvalue weighted by atomic mass is 9.85. The van der Waals surface area contributed by atoms with Gasteiger partial charge in [-0.3, -0.25) is 0 Å². The van der Waals surface area contributed by atoms with Crippen molar-refractivity contribution in [2.45, 2.75) is 0 Å². The van der Waals surface area contributed by atoms with E-state index in [1.165, 1.54) is 0 Å². The van der Waals surface area contributed by atoms with Crippen LogP contribution in [0.15, 0.2) is 162 Å². The average Bonchev–Trinajstić information content (AvgIpc) is 3.50. The minimum Gasteiger partial charge on any atom is -0.455 e. The van der Waals surface area contributed by atoms with E-state index < -0.39 is 0 Å². The number of benzene rings is 8. The molecule has 1 aromatic heterocycles. The molecule has 43 heavy (non-hydrogen) atoms. The van der Waals surface area contributed by atoms with Crippen molar-refractivity contribution in [2.75, 3.05) is 0 Å². The number of furan rings is 1. The quantitative estimate of drug-likeness (QED) is 0.199. The lowest BCUT2D eigenvalue weighted by molar-refractivity contribution is 0.672. The van der Waals surface area contributed by atoms with Crippen molar-refractivity contribution in [1.82, 2.24) is 0 Å². The molecule has 0 aliphatic carbocycles. The number of fused-ring (bicyclic) bond motifs is 7. The van der Waals surface area contributed by atoms with Crippen molar-refractivity contribution < 1.29 is 9.90 Å². The highest BCUT2D eigenvalue weighted by atomic mass is 16.3.